The zero-order valence-electron chi connectivity index (χ0n) is 22.6. The van der Waals surface area contributed by atoms with Gasteiger partial charge in [0.05, 0.1) is 35.4 Å². The van der Waals surface area contributed by atoms with Gasteiger partial charge in [0.1, 0.15) is 0 Å². The van der Waals surface area contributed by atoms with Crippen LogP contribution in [0.5, 0.6) is 0 Å². The van der Waals surface area contributed by atoms with E-state index in [1.807, 2.05) is 30.3 Å². The number of rotatable bonds is 9. The number of methoxy groups -OCH3 is 1. The van der Waals surface area contributed by atoms with Gasteiger partial charge in [-0.25, -0.2) is 14.6 Å². The first kappa shape index (κ1) is 27.6. The van der Waals surface area contributed by atoms with Crippen LogP contribution in [0.1, 0.15) is 38.8 Å². The average Bonchev–Trinajstić information content (AvgIpc) is 3.28. The smallest absolute Gasteiger partial charge is 0.338 e. The largest absolute Gasteiger partial charge is 0.468 e. The summed E-state index contributed by atoms with van der Waals surface area (Å²) in [6.45, 7) is 7.25. The van der Waals surface area contributed by atoms with Crippen LogP contribution < -0.4 is 4.90 Å². The topological polar surface area (TPSA) is 118 Å². The maximum atomic E-state index is 13.2. The number of para-hydroxylation sites is 1. The molecule has 0 aromatic heterocycles. The first-order valence-electron chi connectivity index (χ1n) is 12.9. The molecular weight excluding hydrogens is 502 g/mol. The summed E-state index contributed by atoms with van der Waals surface area (Å²) in [6, 6.07) is 15.2. The predicted molar refractivity (Wildman–Crippen MR) is 146 cm³/mol. The third-order valence-electron chi connectivity index (χ3n) is 6.62. The molecular formula is C28H33N5O6. The highest BCUT2D eigenvalue weighted by Crippen LogP contribution is 2.37. The van der Waals surface area contributed by atoms with Crippen molar-refractivity contribution in [3.8, 4) is 0 Å². The van der Waals surface area contributed by atoms with Crippen LogP contribution in [-0.2, 0) is 14.3 Å². The molecule has 11 heteroatoms. The van der Waals surface area contributed by atoms with E-state index >= 15 is 0 Å². The van der Waals surface area contributed by atoms with Crippen LogP contribution >= 0.6 is 0 Å². The van der Waals surface area contributed by atoms with Crippen molar-refractivity contribution >= 4 is 29.4 Å². The lowest BCUT2D eigenvalue weighted by molar-refractivity contribution is -0.384. The minimum atomic E-state index is -0.723. The summed E-state index contributed by atoms with van der Waals surface area (Å²) >= 11 is 0. The Kier molecular flexibility index (Phi) is 8.48. The molecule has 2 aliphatic rings. The number of nitrogens with zero attached hydrogens (tertiary/aromatic N) is 5. The van der Waals surface area contributed by atoms with Crippen LogP contribution in [0.4, 0.5) is 16.2 Å². The second kappa shape index (κ2) is 12.0. The van der Waals surface area contributed by atoms with Crippen LogP contribution in [0.3, 0.4) is 0 Å². The van der Waals surface area contributed by atoms with Crippen molar-refractivity contribution in [1.82, 2.24) is 9.80 Å². The Hall–Kier alpha value is -4.41. The number of amidine groups is 1. The number of nitro benzene ring substituents is 1. The number of carbonyl (C=O) groups excluding carboxylic acids is 2. The van der Waals surface area contributed by atoms with E-state index < -0.39 is 16.9 Å². The number of esters is 1. The fraction of sp³-hybridized carbons (Fsp3) is 0.393. The third kappa shape index (κ3) is 6.02. The number of amides is 2. The first-order chi connectivity index (χ1) is 18.7. The Morgan fingerprint density at radius 2 is 1.87 bits per heavy atom. The Labute approximate surface area is 227 Å². The Balaban J connectivity index is 1.59. The van der Waals surface area contributed by atoms with Crippen LogP contribution in [0.25, 0.3) is 0 Å². The summed E-state index contributed by atoms with van der Waals surface area (Å²) in [5.41, 5.74) is 2.01. The van der Waals surface area contributed by atoms with Gasteiger partial charge in [0.25, 0.3) is 11.7 Å². The molecule has 39 heavy (non-hydrogen) atoms. The predicted octanol–water partition coefficient (Wildman–Crippen LogP) is 4.51. The maximum absolute atomic E-state index is 13.2. The number of benzene rings is 2. The Morgan fingerprint density at radius 1 is 1.13 bits per heavy atom. The van der Waals surface area contributed by atoms with Gasteiger partial charge in [-0.05, 0) is 44.9 Å². The molecule has 4 rings (SSSR count). The van der Waals surface area contributed by atoms with Crippen LogP contribution in [0.2, 0.25) is 0 Å². The van der Waals surface area contributed by atoms with Crippen molar-refractivity contribution in [3.05, 3.63) is 81.5 Å². The van der Waals surface area contributed by atoms with E-state index in [1.165, 1.54) is 19.2 Å². The van der Waals surface area contributed by atoms with Gasteiger partial charge >= 0.3 is 12.0 Å². The molecule has 2 heterocycles. The molecule has 0 radical (unpaired) electrons. The number of carbonyl (C=O) groups is 2. The Bertz CT molecular complexity index is 1290. The fourth-order valence-corrected chi connectivity index (χ4v) is 4.88. The van der Waals surface area contributed by atoms with Gasteiger partial charge in [-0.15, -0.1) is 0 Å². The quantitative estimate of drug-likeness (QED) is 0.263. The van der Waals surface area contributed by atoms with Crippen molar-refractivity contribution in [2.45, 2.75) is 39.3 Å². The normalized spacial score (nSPS) is 17.6. The summed E-state index contributed by atoms with van der Waals surface area (Å²) in [5.74, 6) is -0.545. The summed E-state index contributed by atoms with van der Waals surface area (Å²) < 4.78 is 11.1. The summed E-state index contributed by atoms with van der Waals surface area (Å²) in [7, 11) is 1.49. The van der Waals surface area contributed by atoms with Crippen molar-refractivity contribution in [2.75, 3.05) is 38.2 Å². The van der Waals surface area contributed by atoms with E-state index in [4.69, 9.17) is 9.47 Å². The summed E-state index contributed by atoms with van der Waals surface area (Å²) in [6.07, 6.45) is 0.187. The van der Waals surface area contributed by atoms with E-state index in [0.29, 0.717) is 43.9 Å². The van der Waals surface area contributed by atoms with Crippen molar-refractivity contribution in [2.24, 2.45) is 4.99 Å². The maximum Gasteiger partial charge on any atom is 0.338 e. The summed E-state index contributed by atoms with van der Waals surface area (Å²) in [5, 5.41) is 11.5. The number of aliphatic imine (C=N–C) groups is 1. The third-order valence-corrected chi connectivity index (χ3v) is 6.62. The second-order valence-electron chi connectivity index (χ2n) is 9.61. The molecule has 0 aliphatic carbocycles. The molecule has 1 saturated heterocycles. The minimum Gasteiger partial charge on any atom is -0.468 e. The lowest BCUT2D eigenvalue weighted by Gasteiger charge is -2.37. The molecule has 1 fully saturated rings. The second-order valence-corrected chi connectivity index (χ2v) is 9.61. The number of hydrogen-bond donors (Lipinski definition) is 0. The summed E-state index contributed by atoms with van der Waals surface area (Å²) in [4.78, 5) is 47.2. The lowest BCUT2D eigenvalue weighted by Crippen LogP contribution is -2.43. The van der Waals surface area contributed by atoms with Gasteiger partial charge in [0, 0.05) is 44.0 Å². The number of urea groups is 1. The molecule has 1 atom stereocenters. The van der Waals surface area contributed by atoms with E-state index in [0.717, 1.165) is 5.69 Å². The molecule has 0 N–H and O–H groups in total. The van der Waals surface area contributed by atoms with Crippen LogP contribution in [0.15, 0.2) is 70.9 Å². The number of anilines is 1. The molecule has 2 amide bonds. The number of ether oxygens (including phenoxy) is 2. The standard InChI is InChI=1S/C28H33N5O6/c1-19(2)39-26(34)24-20(3)29-27(38-4)32(25(24)21-10-8-13-23(18-21)33(36)37)15-9-14-30-16-17-31(28(30)35)22-11-6-5-7-12-22/h5-8,10-13,18-19,25H,9,14-17H2,1-4H3. The van der Waals surface area contributed by atoms with Crippen LogP contribution in [0, 0.1) is 10.1 Å². The monoisotopic (exact) mass is 535 g/mol. The molecule has 206 valence electrons. The Morgan fingerprint density at radius 3 is 2.54 bits per heavy atom. The SMILES string of the molecule is COC1=NC(C)=C(C(=O)OC(C)C)C(c2cccc([N+](=O)[O-])c2)N1CCCN1CCN(c2ccccc2)C1=O. The van der Waals surface area contributed by atoms with Gasteiger partial charge in [-0.2, -0.15) is 0 Å². The zero-order valence-corrected chi connectivity index (χ0v) is 22.6. The fourth-order valence-electron chi connectivity index (χ4n) is 4.88. The molecule has 0 spiro atoms. The number of hydrogen-bond acceptors (Lipinski definition) is 8. The number of non-ortho nitro benzene ring substituents is 1. The van der Waals surface area contributed by atoms with E-state index in [2.05, 4.69) is 4.99 Å². The van der Waals surface area contributed by atoms with E-state index in [-0.39, 0.29) is 29.4 Å². The molecule has 11 nitrogen and oxygen atoms in total. The molecule has 2 aromatic carbocycles. The van der Waals surface area contributed by atoms with Crippen molar-refractivity contribution < 1.29 is 24.0 Å². The average molecular weight is 536 g/mol. The van der Waals surface area contributed by atoms with Gasteiger partial charge < -0.3 is 19.3 Å². The zero-order chi connectivity index (χ0) is 28.1. The molecule has 2 aromatic rings. The van der Waals surface area contributed by atoms with E-state index in [1.54, 1.807) is 47.6 Å². The highest BCUT2D eigenvalue weighted by Gasteiger charge is 2.38. The highest BCUT2D eigenvalue weighted by atomic mass is 16.6. The number of nitro groups is 1. The minimum absolute atomic E-state index is 0.0624. The first-order valence-corrected chi connectivity index (χ1v) is 12.9. The van der Waals surface area contributed by atoms with E-state index in [9.17, 15) is 19.7 Å². The molecule has 2 aliphatic heterocycles. The lowest BCUT2D eigenvalue weighted by atomic mass is 9.93. The molecule has 1 unspecified atom stereocenters. The molecule has 0 saturated carbocycles. The van der Waals surface area contributed by atoms with Gasteiger partial charge in [-0.3, -0.25) is 15.0 Å². The van der Waals surface area contributed by atoms with Crippen molar-refractivity contribution in [1.29, 1.82) is 0 Å². The van der Waals surface area contributed by atoms with Gasteiger partial charge in [0.15, 0.2) is 0 Å². The van der Waals surface area contributed by atoms with Crippen LogP contribution in [-0.4, -0.2) is 72.1 Å². The molecule has 0 bridgehead atoms. The van der Waals surface area contributed by atoms with Gasteiger partial charge in [-0.1, -0.05) is 30.3 Å². The number of allylic oxidation sites excluding steroid dienone is 1. The van der Waals surface area contributed by atoms with Gasteiger partial charge in [0.2, 0.25) is 0 Å². The highest BCUT2D eigenvalue weighted by molar-refractivity contribution is 5.95. The van der Waals surface area contributed by atoms with Crippen molar-refractivity contribution in [3.63, 3.8) is 0 Å².